The number of hydrogen-bond donors (Lipinski definition) is 0. The molecule has 1 nitrogen and oxygen atoms in total. The first-order valence-corrected chi connectivity index (χ1v) is 6.76. The lowest BCUT2D eigenvalue weighted by atomic mass is 9.74. The molecule has 0 heterocycles. The molecule has 0 aliphatic heterocycles. The van der Waals surface area contributed by atoms with E-state index in [1.165, 1.54) is 32.1 Å². The molecule has 1 fully saturated rings. The molecular weight excluding hydrogens is 184 g/mol. The molecule has 0 aromatic carbocycles. The maximum atomic E-state index is 5.96. The maximum absolute atomic E-state index is 5.96. The highest BCUT2D eigenvalue weighted by atomic mass is 16.5. The summed E-state index contributed by atoms with van der Waals surface area (Å²) in [6.07, 6.45) is 7.12. The second-order valence-electron chi connectivity index (χ2n) is 5.48. The van der Waals surface area contributed by atoms with E-state index in [4.69, 9.17) is 4.74 Å². The minimum atomic E-state index is 0.455. The largest absolute Gasteiger partial charge is 0.378 e. The fourth-order valence-corrected chi connectivity index (χ4v) is 2.84. The normalized spacial score (nSPS) is 34.0. The van der Waals surface area contributed by atoms with Crippen LogP contribution >= 0.6 is 0 Å². The van der Waals surface area contributed by atoms with Crippen LogP contribution in [0.1, 0.15) is 59.8 Å². The molecule has 15 heavy (non-hydrogen) atoms. The van der Waals surface area contributed by atoms with Gasteiger partial charge in [-0.15, -0.1) is 0 Å². The van der Waals surface area contributed by atoms with Crippen molar-refractivity contribution in [3.8, 4) is 0 Å². The van der Waals surface area contributed by atoms with Crippen molar-refractivity contribution in [2.24, 2.45) is 17.8 Å². The first kappa shape index (κ1) is 13.0. The average Bonchev–Trinajstić information content (AvgIpc) is 2.17. The molecule has 1 saturated carbocycles. The van der Waals surface area contributed by atoms with Gasteiger partial charge in [0, 0.05) is 0 Å². The Morgan fingerprint density at radius 1 is 1.20 bits per heavy atom. The summed E-state index contributed by atoms with van der Waals surface area (Å²) in [4.78, 5) is 0. The average molecular weight is 212 g/mol. The molecule has 1 aliphatic carbocycles. The van der Waals surface area contributed by atoms with Gasteiger partial charge in [-0.3, -0.25) is 0 Å². The maximum Gasteiger partial charge on any atom is 0.0547 e. The molecule has 0 N–H and O–H groups in total. The van der Waals surface area contributed by atoms with Crippen molar-refractivity contribution in [3.63, 3.8) is 0 Å². The summed E-state index contributed by atoms with van der Waals surface area (Å²) in [5, 5.41) is 0. The van der Waals surface area contributed by atoms with Gasteiger partial charge in [-0.05, 0) is 31.1 Å². The van der Waals surface area contributed by atoms with Crippen LogP contribution in [0.25, 0.3) is 0 Å². The van der Waals surface area contributed by atoms with Crippen LogP contribution < -0.4 is 0 Å². The Bertz CT molecular complexity index is 157. The van der Waals surface area contributed by atoms with Gasteiger partial charge in [-0.2, -0.15) is 0 Å². The smallest absolute Gasteiger partial charge is 0.0547 e. The number of ether oxygens (including phenoxy) is 1. The summed E-state index contributed by atoms with van der Waals surface area (Å²) in [6, 6.07) is 0. The molecule has 0 bridgehead atoms. The van der Waals surface area contributed by atoms with Gasteiger partial charge in [0.2, 0.25) is 0 Å². The van der Waals surface area contributed by atoms with Gasteiger partial charge in [0.15, 0.2) is 0 Å². The molecule has 1 heteroatoms. The van der Waals surface area contributed by atoms with Crippen LogP contribution in [0.5, 0.6) is 0 Å². The van der Waals surface area contributed by atoms with E-state index in [0.29, 0.717) is 6.10 Å². The summed E-state index contributed by atoms with van der Waals surface area (Å²) < 4.78 is 5.96. The summed E-state index contributed by atoms with van der Waals surface area (Å²) in [7, 11) is 0. The Balaban J connectivity index is 2.28. The van der Waals surface area contributed by atoms with Gasteiger partial charge in [0.1, 0.15) is 0 Å². The lowest BCUT2D eigenvalue weighted by Crippen LogP contribution is -2.30. The monoisotopic (exact) mass is 212 g/mol. The molecule has 0 spiro atoms. The SMILES string of the molecule is CCCC(C)OC[C@H]1[C@H](C)CCC[C@@H]1C. The fraction of sp³-hybridized carbons (Fsp3) is 1.00. The van der Waals surface area contributed by atoms with E-state index in [-0.39, 0.29) is 0 Å². The van der Waals surface area contributed by atoms with Crippen molar-refractivity contribution in [2.45, 2.75) is 65.9 Å². The minimum Gasteiger partial charge on any atom is -0.378 e. The third-order valence-corrected chi connectivity index (χ3v) is 4.05. The second kappa shape index (κ2) is 6.52. The zero-order valence-electron chi connectivity index (χ0n) is 11.0. The van der Waals surface area contributed by atoms with Crippen LogP contribution in [0.3, 0.4) is 0 Å². The van der Waals surface area contributed by atoms with Crippen LogP contribution in [0.2, 0.25) is 0 Å². The summed E-state index contributed by atoms with van der Waals surface area (Å²) in [5.41, 5.74) is 0. The van der Waals surface area contributed by atoms with E-state index in [9.17, 15) is 0 Å². The van der Waals surface area contributed by atoms with Gasteiger partial charge < -0.3 is 4.74 Å². The van der Waals surface area contributed by atoms with Crippen molar-refractivity contribution < 1.29 is 4.74 Å². The zero-order chi connectivity index (χ0) is 11.3. The molecule has 0 saturated heterocycles. The fourth-order valence-electron chi connectivity index (χ4n) is 2.84. The molecule has 0 aromatic rings. The molecule has 1 unspecified atom stereocenters. The predicted molar refractivity (Wildman–Crippen MR) is 66.0 cm³/mol. The molecule has 1 aliphatic rings. The van der Waals surface area contributed by atoms with E-state index in [1.54, 1.807) is 0 Å². The standard InChI is InChI=1S/C14H28O/c1-5-7-13(4)15-10-14-11(2)8-6-9-12(14)3/h11-14H,5-10H2,1-4H3/t11-,12+,13?,14+. The Hall–Kier alpha value is -0.0400. The van der Waals surface area contributed by atoms with Crippen molar-refractivity contribution >= 4 is 0 Å². The molecule has 0 amide bonds. The number of rotatable bonds is 5. The highest BCUT2D eigenvalue weighted by Gasteiger charge is 2.27. The lowest BCUT2D eigenvalue weighted by molar-refractivity contribution is -0.00472. The van der Waals surface area contributed by atoms with Gasteiger partial charge >= 0.3 is 0 Å². The van der Waals surface area contributed by atoms with Crippen molar-refractivity contribution in [1.29, 1.82) is 0 Å². The Kier molecular flexibility index (Phi) is 5.66. The molecule has 0 radical (unpaired) electrons. The molecular formula is C14H28O. The van der Waals surface area contributed by atoms with E-state index in [2.05, 4.69) is 27.7 Å². The molecule has 0 aromatic heterocycles. The van der Waals surface area contributed by atoms with Gasteiger partial charge in [0.25, 0.3) is 0 Å². The summed E-state index contributed by atoms with van der Waals surface area (Å²) in [5.74, 6) is 2.53. The topological polar surface area (TPSA) is 9.23 Å². The Morgan fingerprint density at radius 3 is 2.33 bits per heavy atom. The van der Waals surface area contributed by atoms with Crippen molar-refractivity contribution in [3.05, 3.63) is 0 Å². The van der Waals surface area contributed by atoms with Crippen LogP contribution in [-0.2, 0) is 4.74 Å². The van der Waals surface area contributed by atoms with Gasteiger partial charge in [0.05, 0.1) is 12.7 Å². The molecule has 90 valence electrons. The minimum absolute atomic E-state index is 0.455. The zero-order valence-corrected chi connectivity index (χ0v) is 11.0. The van der Waals surface area contributed by atoms with Crippen LogP contribution in [0, 0.1) is 17.8 Å². The van der Waals surface area contributed by atoms with E-state index in [1.807, 2.05) is 0 Å². The van der Waals surface area contributed by atoms with E-state index in [0.717, 1.165) is 24.4 Å². The van der Waals surface area contributed by atoms with Crippen LogP contribution in [0.15, 0.2) is 0 Å². The number of hydrogen-bond acceptors (Lipinski definition) is 1. The third kappa shape index (κ3) is 4.14. The Labute approximate surface area is 95.6 Å². The van der Waals surface area contributed by atoms with Crippen LogP contribution in [0.4, 0.5) is 0 Å². The molecule has 1 rings (SSSR count). The highest BCUT2D eigenvalue weighted by molar-refractivity contribution is 4.77. The molecule has 4 atom stereocenters. The van der Waals surface area contributed by atoms with E-state index >= 15 is 0 Å². The van der Waals surface area contributed by atoms with E-state index < -0.39 is 0 Å². The first-order chi connectivity index (χ1) is 7.15. The Morgan fingerprint density at radius 2 is 1.80 bits per heavy atom. The third-order valence-electron chi connectivity index (χ3n) is 4.05. The quantitative estimate of drug-likeness (QED) is 0.661. The van der Waals surface area contributed by atoms with Gasteiger partial charge in [-0.1, -0.05) is 46.5 Å². The predicted octanol–water partition coefficient (Wildman–Crippen LogP) is 4.26. The van der Waals surface area contributed by atoms with Crippen LogP contribution in [-0.4, -0.2) is 12.7 Å². The van der Waals surface area contributed by atoms with Gasteiger partial charge in [-0.25, -0.2) is 0 Å². The lowest BCUT2D eigenvalue weighted by Gasteiger charge is -2.35. The first-order valence-electron chi connectivity index (χ1n) is 6.76. The van der Waals surface area contributed by atoms with Crippen molar-refractivity contribution in [1.82, 2.24) is 0 Å². The summed E-state index contributed by atoms with van der Waals surface area (Å²) in [6.45, 7) is 10.2. The van der Waals surface area contributed by atoms with Crippen molar-refractivity contribution in [2.75, 3.05) is 6.61 Å². The summed E-state index contributed by atoms with van der Waals surface area (Å²) >= 11 is 0. The highest BCUT2D eigenvalue weighted by Crippen LogP contribution is 2.34. The second-order valence-corrected chi connectivity index (χ2v) is 5.48.